The summed E-state index contributed by atoms with van der Waals surface area (Å²) < 4.78 is 5.89. The number of pyridine rings is 2. The zero-order valence-corrected chi connectivity index (χ0v) is 35.2. The summed E-state index contributed by atoms with van der Waals surface area (Å²) in [7, 11) is -1.49. The molecule has 0 bridgehead atoms. The van der Waals surface area contributed by atoms with E-state index in [4.69, 9.17) is 9.40 Å². The molecule has 0 N–H and O–H groups in total. The molecule has 56 heavy (non-hydrogen) atoms. The number of para-hydroxylation sites is 1. The first-order valence-electron chi connectivity index (χ1n) is 18.8. The molecule has 0 atom stereocenters. The molecule has 0 fully saturated rings. The molecule has 3 aromatic heterocycles. The normalized spacial score (nSPS) is 11.1. The molecule has 0 saturated heterocycles. The zero-order chi connectivity index (χ0) is 37.6. The molecule has 0 spiro atoms. The zero-order valence-electron chi connectivity index (χ0n) is 31.8. The molecule has 1 radical (unpaired) electrons. The maximum Gasteiger partial charge on any atom is 0.120 e. The molecule has 277 valence electrons. The Morgan fingerprint density at radius 3 is 1.91 bits per heavy atom. The number of aromatic nitrogens is 2. The summed E-state index contributed by atoms with van der Waals surface area (Å²) in [5.74, 6) is 0. The van der Waals surface area contributed by atoms with E-state index >= 15 is 0 Å². The average molecular weight is 919 g/mol. The second kappa shape index (κ2) is 17.4. The van der Waals surface area contributed by atoms with Crippen molar-refractivity contribution >= 4 is 35.2 Å². The van der Waals surface area contributed by atoms with E-state index in [1.807, 2.05) is 48.7 Å². The number of nitrogens with zero attached hydrogens (tertiary/aromatic N) is 2. The number of fused-ring (bicyclic) bond motifs is 3. The second-order valence-electron chi connectivity index (χ2n) is 14.9. The number of hydrogen-bond acceptors (Lipinski definition) is 3. The van der Waals surface area contributed by atoms with Gasteiger partial charge in [0.15, 0.2) is 0 Å². The van der Waals surface area contributed by atoms with Crippen LogP contribution < -0.4 is 5.19 Å². The molecule has 9 rings (SSSR count). The van der Waals surface area contributed by atoms with E-state index in [1.165, 1.54) is 38.6 Å². The maximum absolute atomic E-state index is 5.89. The van der Waals surface area contributed by atoms with Crippen LogP contribution in [0.25, 0.3) is 55.6 Å². The van der Waals surface area contributed by atoms with Gasteiger partial charge in [-0.2, -0.15) is 0 Å². The second-order valence-corrected chi connectivity index (χ2v) is 20.0. The molecule has 0 unspecified atom stereocenters. The summed E-state index contributed by atoms with van der Waals surface area (Å²) in [4.78, 5) is 9.42. The third-order valence-corrected chi connectivity index (χ3v) is 11.9. The molecule has 3 nitrogen and oxygen atoms in total. The van der Waals surface area contributed by atoms with Crippen molar-refractivity contribution < 1.29 is 24.5 Å². The van der Waals surface area contributed by atoms with Crippen molar-refractivity contribution in [2.45, 2.75) is 32.5 Å². The minimum Gasteiger partial charge on any atom is -0.500 e. The first-order valence-corrected chi connectivity index (χ1v) is 22.3. The first-order chi connectivity index (χ1) is 26.9. The summed E-state index contributed by atoms with van der Waals surface area (Å²) >= 11 is 0. The van der Waals surface area contributed by atoms with Gasteiger partial charge in [0.1, 0.15) is 5.58 Å². The van der Waals surface area contributed by atoms with Crippen molar-refractivity contribution in [3.8, 4) is 33.6 Å². The van der Waals surface area contributed by atoms with Crippen molar-refractivity contribution in [2.75, 3.05) is 0 Å². The van der Waals surface area contributed by atoms with Gasteiger partial charge in [0.2, 0.25) is 0 Å². The van der Waals surface area contributed by atoms with E-state index in [0.717, 1.165) is 57.3 Å². The van der Waals surface area contributed by atoms with E-state index in [-0.39, 0.29) is 20.1 Å². The van der Waals surface area contributed by atoms with Crippen LogP contribution in [0.3, 0.4) is 0 Å². The van der Waals surface area contributed by atoms with Crippen molar-refractivity contribution in [1.29, 1.82) is 0 Å². The molecule has 3 heterocycles. The van der Waals surface area contributed by atoms with E-state index in [2.05, 4.69) is 164 Å². The van der Waals surface area contributed by atoms with Gasteiger partial charge < -0.3 is 14.4 Å². The Morgan fingerprint density at radius 1 is 0.536 bits per heavy atom. The Balaban J connectivity index is 0.000000169. The molecule has 0 aliphatic carbocycles. The smallest absolute Gasteiger partial charge is 0.120 e. The topological polar surface area (TPSA) is 38.9 Å². The predicted octanol–water partition coefficient (Wildman–Crippen LogP) is 12.4. The molecule has 0 aliphatic rings. The molecule has 9 aromatic rings. The van der Waals surface area contributed by atoms with E-state index < -0.39 is 8.07 Å². The standard InChI is InChI=1S/C27H26NSi.C24H16NO.Ir/c1-29(2,3)27-20-28-26(19-25(27)17-21-11-6-4-7-12-21)24-16-10-15-23(18-24)22-13-8-5-9-14-22;1-2-6-17(7-3-1)14-18-12-13-25-22(15-18)19-10-11-24-21(16-19)20-8-4-5-9-23(20)26-24;/h4-15,18-20H,17H2,1-3H3;1-9,11-13,15-16H,14H2;/q2*-1;. The van der Waals surface area contributed by atoms with Gasteiger partial charge in [-0.05, 0) is 63.8 Å². The third-order valence-electron chi connectivity index (χ3n) is 9.88. The summed E-state index contributed by atoms with van der Waals surface area (Å²) in [6.07, 6.45) is 5.82. The van der Waals surface area contributed by atoms with Crippen LogP contribution >= 0.6 is 0 Å². The fraction of sp³-hybridized carbons (Fsp3) is 0.0980. The number of rotatable bonds is 8. The number of furan rings is 1. The van der Waals surface area contributed by atoms with Crippen LogP contribution in [0.5, 0.6) is 0 Å². The van der Waals surface area contributed by atoms with Gasteiger partial charge in [0.25, 0.3) is 0 Å². The molecule has 0 saturated carbocycles. The number of benzene rings is 6. The van der Waals surface area contributed by atoms with Gasteiger partial charge in [-0.15, -0.1) is 59.2 Å². The summed E-state index contributed by atoms with van der Waals surface area (Å²) in [5.41, 5.74) is 13.4. The monoisotopic (exact) mass is 919 g/mol. The molecule has 0 amide bonds. The van der Waals surface area contributed by atoms with Gasteiger partial charge >= 0.3 is 0 Å². The summed E-state index contributed by atoms with van der Waals surface area (Å²) in [6, 6.07) is 63.3. The van der Waals surface area contributed by atoms with E-state index in [0.29, 0.717) is 0 Å². The van der Waals surface area contributed by atoms with Gasteiger partial charge in [-0.1, -0.05) is 152 Å². The SMILES string of the molecule is C[Si](C)(C)c1cnc(-c2[c-]ccc(-c3ccccc3)c2)cc1Cc1ccccc1.[Ir].[c-]1cc2oc3ccccc3c2cc1-c1cc(Cc2ccccc2)ccn1. The van der Waals surface area contributed by atoms with Crippen molar-refractivity contribution in [1.82, 2.24) is 9.97 Å². The molecule has 5 heteroatoms. The van der Waals surface area contributed by atoms with Gasteiger partial charge in [0, 0.05) is 37.9 Å². The predicted molar refractivity (Wildman–Crippen MR) is 231 cm³/mol. The fourth-order valence-corrected chi connectivity index (χ4v) is 8.66. The minimum atomic E-state index is -1.49. The van der Waals surface area contributed by atoms with Crippen LogP contribution in [0.15, 0.2) is 181 Å². The van der Waals surface area contributed by atoms with Crippen LogP contribution in [-0.2, 0) is 32.9 Å². The van der Waals surface area contributed by atoms with Crippen LogP contribution in [0.4, 0.5) is 0 Å². The Bertz CT molecular complexity index is 2690. The van der Waals surface area contributed by atoms with Gasteiger partial charge in [0.05, 0.1) is 13.7 Å². The van der Waals surface area contributed by atoms with Crippen molar-refractivity contribution in [3.05, 3.63) is 211 Å². The molecular formula is C51H42IrN2OSi-2. The molecule has 6 aromatic carbocycles. The Labute approximate surface area is 344 Å². The van der Waals surface area contributed by atoms with Crippen LogP contribution in [-0.4, -0.2) is 18.0 Å². The Kier molecular flexibility index (Phi) is 12.0. The van der Waals surface area contributed by atoms with E-state index in [9.17, 15) is 0 Å². The van der Waals surface area contributed by atoms with Crippen molar-refractivity contribution in [2.24, 2.45) is 0 Å². The summed E-state index contributed by atoms with van der Waals surface area (Å²) in [5, 5.41) is 3.66. The maximum atomic E-state index is 5.89. The third kappa shape index (κ3) is 9.04. The van der Waals surface area contributed by atoms with E-state index in [1.54, 1.807) is 0 Å². The Hall–Kier alpha value is -5.71. The van der Waals surface area contributed by atoms with Crippen LogP contribution in [0.2, 0.25) is 19.6 Å². The molecular weight excluding hydrogens is 877 g/mol. The fourth-order valence-electron chi connectivity index (χ4n) is 7.09. The largest absolute Gasteiger partial charge is 0.500 e. The summed E-state index contributed by atoms with van der Waals surface area (Å²) in [6.45, 7) is 7.17. The molecule has 0 aliphatic heterocycles. The first kappa shape index (κ1) is 38.6. The quantitative estimate of drug-likeness (QED) is 0.113. The average Bonchev–Trinajstić information content (AvgIpc) is 3.60. The van der Waals surface area contributed by atoms with Crippen molar-refractivity contribution in [3.63, 3.8) is 0 Å². The Morgan fingerprint density at radius 2 is 1.18 bits per heavy atom. The van der Waals surface area contributed by atoms with Gasteiger partial charge in [-0.25, -0.2) is 0 Å². The number of hydrogen-bond donors (Lipinski definition) is 0. The van der Waals surface area contributed by atoms with Crippen LogP contribution in [0.1, 0.15) is 22.3 Å². The van der Waals surface area contributed by atoms with Gasteiger partial charge in [-0.3, -0.25) is 0 Å². The minimum absolute atomic E-state index is 0. The van der Waals surface area contributed by atoms with Crippen LogP contribution in [0, 0.1) is 12.1 Å².